The Balaban J connectivity index is 2.11. The number of carbonyl (C=O) groups is 1. The molecule has 0 aliphatic rings. The van der Waals surface area contributed by atoms with E-state index in [1.165, 1.54) is 16.3 Å². The van der Waals surface area contributed by atoms with E-state index in [-0.39, 0.29) is 11.9 Å². The lowest BCUT2D eigenvalue weighted by atomic mass is 9.92. The van der Waals surface area contributed by atoms with Crippen LogP contribution in [0.1, 0.15) is 38.7 Å². The molecule has 2 nitrogen and oxygen atoms in total. The summed E-state index contributed by atoms with van der Waals surface area (Å²) in [6, 6.07) is 14.5. The summed E-state index contributed by atoms with van der Waals surface area (Å²) in [6.07, 6.45) is 0.431. The van der Waals surface area contributed by atoms with E-state index in [0.717, 1.165) is 0 Å². The molecule has 0 saturated heterocycles. The summed E-state index contributed by atoms with van der Waals surface area (Å²) in [5, 5.41) is 2.44. The Bertz CT molecular complexity index is 581. The number of rotatable bonds is 5. The Morgan fingerprint density at radius 3 is 2.50 bits per heavy atom. The van der Waals surface area contributed by atoms with Gasteiger partial charge in [-0.05, 0) is 28.2 Å². The lowest BCUT2D eigenvalue weighted by molar-refractivity contribution is -0.145. The average Bonchev–Trinajstić information content (AvgIpc) is 2.44. The summed E-state index contributed by atoms with van der Waals surface area (Å²) < 4.78 is 5.27. The molecule has 2 aromatic carbocycles. The summed E-state index contributed by atoms with van der Waals surface area (Å²) >= 11 is 0. The fourth-order valence-electron chi connectivity index (χ4n) is 2.36. The second-order valence-electron chi connectivity index (χ2n) is 5.75. The predicted octanol–water partition coefficient (Wildman–Crippen LogP) is 4.53. The normalized spacial score (nSPS) is 12.6. The van der Waals surface area contributed by atoms with E-state index in [0.29, 0.717) is 18.9 Å². The molecule has 0 N–H and O–H groups in total. The van der Waals surface area contributed by atoms with Gasteiger partial charge in [0.05, 0.1) is 13.0 Å². The van der Waals surface area contributed by atoms with Crippen LogP contribution in [0.15, 0.2) is 42.5 Å². The van der Waals surface area contributed by atoms with E-state index in [4.69, 9.17) is 4.74 Å². The standard InChI is InChI=1S/C18H22O2/c1-13(2)12-20-18(19)11-14(3)16-10-6-8-15-7-4-5-9-17(15)16/h4-10,13-14H,11-12H2,1-3H3/t14-/m1/s1. The summed E-state index contributed by atoms with van der Waals surface area (Å²) in [5.41, 5.74) is 1.21. The number of esters is 1. The van der Waals surface area contributed by atoms with E-state index in [1.54, 1.807) is 0 Å². The molecule has 0 bridgehead atoms. The van der Waals surface area contributed by atoms with Gasteiger partial charge < -0.3 is 4.74 Å². The van der Waals surface area contributed by atoms with Crippen LogP contribution in [-0.2, 0) is 9.53 Å². The molecule has 2 heteroatoms. The Labute approximate surface area is 120 Å². The zero-order valence-corrected chi connectivity index (χ0v) is 12.4. The van der Waals surface area contributed by atoms with E-state index in [2.05, 4.69) is 31.2 Å². The quantitative estimate of drug-likeness (QED) is 0.746. The van der Waals surface area contributed by atoms with Gasteiger partial charge in [-0.3, -0.25) is 4.79 Å². The topological polar surface area (TPSA) is 26.3 Å². The molecule has 0 unspecified atom stereocenters. The fourth-order valence-corrected chi connectivity index (χ4v) is 2.36. The molecular formula is C18H22O2. The second kappa shape index (κ2) is 6.56. The van der Waals surface area contributed by atoms with Gasteiger partial charge in [0.25, 0.3) is 0 Å². The highest BCUT2D eigenvalue weighted by Crippen LogP contribution is 2.27. The van der Waals surface area contributed by atoms with Crippen molar-refractivity contribution in [3.63, 3.8) is 0 Å². The molecule has 0 spiro atoms. The van der Waals surface area contributed by atoms with Gasteiger partial charge in [0.1, 0.15) is 0 Å². The number of hydrogen-bond acceptors (Lipinski definition) is 2. The third-order valence-electron chi connectivity index (χ3n) is 3.40. The molecule has 0 saturated carbocycles. The van der Waals surface area contributed by atoms with Gasteiger partial charge in [-0.2, -0.15) is 0 Å². The van der Waals surface area contributed by atoms with E-state index < -0.39 is 0 Å². The van der Waals surface area contributed by atoms with E-state index in [9.17, 15) is 4.79 Å². The van der Waals surface area contributed by atoms with Crippen LogP contribution in [0.5, 0.6) is 0 Å². The summed E-state index contributed by atoms with van der Waals surface area (Å²) in [6.45, 7) is 6.67. The molecule has 0 fully saturated rings. The van der Waals surface area contributed by atoms with Crippen molar-refractivity contribution in [2.75, 3.05) is 6.61 Å². The van der Waals surface area contributed by atoms with Gasteiger partial charge in [-0.1, -0.05) is 63.2 Å². The van der Waals surface area contributed by atoms with Crippen molar-refractivity contribution in [3.05, 3.63) is 48.0 Å². The number of carbonyl (C=O) groups excluding carboxylic acids is 1. The predicted molar refractivity (Wildman–Crippen MR) is 82.8 cm³/mol. The van der Waals surface area contributed by atoms with E-state index in [1.807, 2.05) is 32.0 Å². The molecule has 0 amide bonds. The summed E-state index contributed by atoms with van der Waals surface area (Å²) in [7, 11) is 0. The smallest absolute Gasteiger partial charge is 0.306 e. The number of hydrogen-bond donors (Lipinski definition) is 0. The highest BCUT2D eigenvalue weighted by molar-refractivity contribution is 5.86. The van der Waals surface area contributed by atoms with Crippen molar-refractivity contribution in [1.82, 2.24) is 0 Å². The zero-order chi connectivity index (χ0) is 14.5. The number of fused-ring (bicyclic) bond motifs is 1. The lowest BCUT2D eigenvalue weighted by Crippen LogP contribution is -2.12. The molecule has 20 heavy (non-hydrogen) atoms. The first-order valence-electron chi connectivity index (χ1n) is 7.21. The first-order chi connectivity index (χ1) is 9.58. The van der Waals surface area contributed by atoms with Crippen molar-refractivity contribution in [1.29, 1.82) is 0 Å². The molecule has 0 radical (unpaired) electrons. The zero-order valence-electron chi connectivity index (χ0n) is 12.4. The maximum atomic E-state index is 11.8. The van der Waals surface area contributed by atoms with Crippen LogP contribution in [0, 0.1) is 5.92 Å². The average molecular weight is 270 g/mol. The SMILES string of the molecule is CC(C)COC(=O)C[C@@H](C)c1cccc2ccccc12. The van der Waals surface area contributed by atoms with Gasteiger partial charge in [0.15, 0.2) is 0 Å². The molecule has 2 aromatic rings. The maximum Gasteiger partial charge on any atom is 0.306 e. The highest BCUT2D eigenvalue weighted by atomic mass is 16.5. The van der Waals surface area contributed by atoms with Crippen LogP contribution in [0.25, 0.3) is 10.8 Å². The van der Waals surface area contributed by atoms with Gasteiger partial charge in [-0.15, -0.1) is 0 Å². The molecule has 106 valence electrons. The van der Waals surface area contributed by atoms with Crippen molar-refractivity contribution in [2.24, 2.45) is 5.92 Å². The molecule has 0 aliphatic heterocycles. The Kier molecular flexibility index (Phi) is 4.78. The van der Waals surface area contributed by atoms with Crippen molar-refractivity contribution >= 4 is 16.7 Å². The second-order valence-corrected chi connectivity index (χ2v) is 5.75. The first kappa shape index (κ1) is 14.6. The summed E-state index contributed by atoms with van der Waals surface area (Å²) in [4.78, 5) is 11.8. The van der Waals surface area contributed by atoms with Crippen molar-refractivity contribution in [2.45, 2.75) is 33.1 Å². The molecule has 0 heterocycles. The number of ether oxygens (including phenoxy) is 1. The number of benzene rings is 2. The maximum absolute atomic E-state index is 11.8. The monoisotopic (exact) mass is 270 g/mol. The molecule has 0 aromatic heterocycles. The van der Waals surface area contributed by atoms with Gasteiger partial charge in [-0.25, -0.2) is 0 Å². The van der Waals surface area contributed by atoms with Crippen molar-refractivity contribution < 1.29 is 9.53 Å². The minimum Gasteiger partial charge on any atom is -0.465 e. The molecule has 2 rings (SSSR count). The van der Waals surface area contributed by atoms with Crippen molar-refractivity contribution in [3.8, 4) is 0 Å². The van der Waals surface area contributed by atoms with Gasteiger partial charge >= 0.3 is 5.97 Å². The Hall–Kier alpha value is -1.83. The minimum atomic E-state index is -0.112. The highest BCUT2D eigenvalue weighted by Gasteiger charge is 2.14. The minimum absolute atomic E-state index is 0.112. The Morgan fingerprint density at radius 2 is 1.75 bits per heavy atom. The van der Waals surface area contributed by atoms with Gasteiger partial charge in [0, 0.05) is 0 Å². The third-order valence-corrected chi connectivity index (χ3v) is 3.40. The van der Waals surface area contributed by atoms with Crippen LogP contribution in [-0.4, -0.2) is 12.6 Å². The largest absolute Gasteiger partial charge is 0.465 e. The van der Waals surface area contributed by atoms with Gasteiger partial charge in [0.2, 0.25) is 0 Å². The summed E-state index contributed by atoms with van der Waals surface area (Å²) in [5.74, 6) is 0.437. The van der Waals surface area contributed by atoms with Crippen LogP contribution >= 0.6 is 0 Å². The molecular weight excluding hydrogens is 248 g/mol. The molecule has 0 aliphatic carbocycles. The Morgan fingerprint density at radius 1 is 1.05 bits per heavy atom. The fraction of sp³-hybridized carbons (Fsp3) is 0.389. The first-order valence-corrected chi connectivity index (χ1v) is 7.21. The third kappa shape index (κ3) is 3.60. The van der Waals surface area contributed by atoms with Crippen LogP contribution in [0.2, 0.25) is 0 Å². The van der Waals surface area contributed by atoms with Crippen LogP contribution < -0.4 is 0 Å². The molecule has 1 atom stereocenters. The van der Waals surface area contributed by atoms with E-state index >= 15 is 0 Å². The van der Waals surface area contributed by atoms with Crippen LogP contribution in [0.4, 0.5) is 0 Å². The lowest BCUT2D eigenvalue weighted by Gasteiger charge is -2.15. The van der Waals surface area contributed by atoms with Crippen LogP contribution in [0.3, 0.4) is 0 Å².